The smallest absolute Gasteiger partial charge is 0.240 e. The van der Waals surface area contributed by atoms with Crippen LogP contribution in [0.3, 0.4) is 0 Å². The molecule has 2 rings (SSSR count). The standard InChI is InChI=1S/C12H13N3O/c13-8-9-3-5-10(6-4-9)15-7-1-2-11(15)12(14)16/h3-6,11H,1-2,7H2,(H2,14,16). The number of hydrogen-bond acceptors (Lipinski definition) is 3. The van der Waals surface area contributed by atoms with E-state index >= 15 is 0 Å². The van der Waals surface area contributed by atoms with Crippen LogP contribution in [0.2, 0.25) is 0 Å². The van der Waals surface area contributed by atoms with E-state index in [4.69, 9.17) is 11.0 Å². The van der Waals surface area contributed by atoms with E-state index in [1.807, 2.05) is 17.0 Å². The number of rotatable bonds is 2. The summed E-state index contributed by atoms with van der Waals surface area (Å²) in [4.78, 5) is 13.2. The number of amides is 1. The molecule has 0 spiro atoms. The number of primary amides is 1. The van der Waals surface area contributed by atoms with Gasteiger partial charge in [-0.2, -0.15) is 5.26 Å². The molecule has 1 aliphatic heterocycles. The van der Waals surface area contributed by atoms with Crippen LogP contribution in [0.1, 0.15) is 18.4 Å². The fraction of sp³-hybridized carbons (Fsp3) is 0.333. The third kappa shape index (κ3) is 1.84. The summed E-state index contributed by atoms with van der Waals surface area (Å²) in [6, 6.07) is 9.10. The van der Waals surface area contributed by atoms with Gasteiger partial charge in [-0.1, -0.05) is 0 Å². The second-order valence-corrected chi connectivity index (χ2v) is 3.91. The number of nitrogens with two attached hydrogens (primary N) is 1. The van der Waals surface area contributed by atoms with Gasteiger partial charge in [-0.05, 0) is 37.1 Å². The molecule has 1 fully saturated rings. The van der Waals surface area contributed by atoms with Crippen molar-refractivity contribution in [3.8, 4) is 6.07 Å². The van der Waals surface area contributed by atoms with Gasteiger partial charge in [0, 0.05) is 12.2 Å². The van der Waals surface area contributed by atoms with Crippen LogP contribution >= 0.6 is 0 Å². The van der Waals surface area contributed by atoms with Crippen molar-refractivity contribution >= 4 is 11.6 Å². The SMILES string of the molecule is N#Cc1ccc(N2CCCC2C(N)=O)cc1. The van der Waals surface area contributed by atoms with Gasteiger partial charge in [0.15, 0.2) is 0 Å². The van der Waals surface area contributed by atoms with Crippen LogP contribution in [0.25, 0.3) is 0 Å². The fourth-order valence-corrected chi connectivity index (χ4v) is 2.10. The van der Waals surface area contributed by atoms with Gasteiger partial charge in [-0.15, -0.1) is 0 Å². The summed E-state index contributed by atoms with van der Waals surface area (Å²) in [6.07, 6.45) is 1.79. The largest absolute Gasteiger partial charge is 0.368 e. The van der Waals surface area contributed by atoms with E-state index in [0.717, 1.165) is 25.1 Å². The third-order valence-corrected chi connectivity index (χ3v) is 2.91. The summed E-state index contributed by atoms with van der Waals surface area (Å²) in [6.45, 7) is 0.847. The fourth-order valence-electron chi connectivity index (χ4n) is 2.10. The van der Waals surface area contributed by atoms with E-state index in [0.29, 0.717) is 5.56 Å². The van der Waals surface area contributed by atoms with Gasteiger partial charge in [0.05, 0.1) is 11.6 Å². The number of hydrogen-bond donors (Lipinski definition) is 1. The average molecular weight is 215 g/mol. The van der Waals surface area contributed by atoms with E-state index < -0.39 is 0 Å². The van der Waals surface area contributed by atoms with Gasteiger partial charge in [0.25, 0.3) is 0 Å². The van der Waals surface area contributed by atoms with Crippen LogP contribution in [0.4, 0.5) is 5.69 Å². The summed E-state index contributed by atoms with van der Waals surface area (Å²) in [5.41, 5.74) is 6.93. The minimum Gasteiger partial charge on any atom is -0.368 e. The Labute approximate surface area is 94.3 Å². The Morgan fingerprint density at radius 2 is 2.12 bits per heavy atom. The zero-order chi connectivity index (χ0) is 11.5. The molecule has 1 unspecified atom stereocenters. The summed E-state index contributed by atoms with van der Waals surface area (Å²) in [7, 11) is 0. The summed E-state index contributed by atoms with van der Waals surface area (Å²) < 4.78 is 0. The first-order valence-corrected chi connectivity index (χ1v) is 5.28. The van der Waals surface area contributed by atoms with Crippen molar-refractivity contribution in [1.82, 2.24) is 0 Å². The Kier molecular flexibility index (Phi) is 2.78. The van der Waals surface area contributed by atoms with Gasteiger partial charge >= 0.3 is 0 Å². The van der Waals surface area contributed by atoms with Gasteiger partial charge in [-0.3, -0.25) is 4.79 Å². The van der Waals surface area contributed by atoms with Crippen LogP contribution < -0.4 is 10.6 Å². The van der Waals surface area contributed by atoms with E-state index in [-0.39, 0.29) is 11.9 Å². The molecule has 1 saturated heterocycles. The molecule has 2 N–H and O–H groups in total. The topological polar surface area (TPSA) is 70.1 Å². The predicted octanol–water partition coefficient (Wildman–Crippen LogP) is 1.01. The van der Waals surface area contributed by atoms with Crippen LogP contribution in [-0.4, -0.2) is 18.5 Å². The van der Waals surface area contributed by atoms with Crippen LogP contribution in [-0.2, 0) is 4.79 Å². The zero-order valence-electron chi connectivity index (χ0n) is 8.89. The monoisotopic (exact) mass is 215 g/mol. The highest BCUT2D eigenvalue weighted by atomic mass is 16.1. The maximum absolute atomic E-state index is 11.2. The molecular weight excluding hydrogens is 202 g/mol. The molecular formula is C12H13N3O. The van der Waals surface area contributed by atoms with Gasteiger partial charge in [0.2, 0.25) is 5.91 Å². The van der Waals surface area contributed by atoms with E-state index in [1.165, 1.54) is 0 Å². The molecule has 0 aliphatic carbocycles. The van der Waals surface area contributed by atoms with Crippen molar-refractivity contribution in [2.75, 3.05) is 11.4 Å². The summed E-state index contributed by atoms with van der Waals surface area (Å²) in [5, 5.41) is 8.70. The molecule has 4 heteroatoms. The maximum atomic E-state index is 11.2. The van der Waals surface area contributed by atoms with E-state index in [9.17, 15) is 4.79 Å². The molecule has 4 nitrogen and oxygen atoms in total. The minimum absolute atomic E-state index is 0.201. The minimum atomic E-state index is -0.276. The molecule has 1 aliphatic rings. The van der Waals surface area contributed by atoms with Gasteiger partial charge < -0.3 is 10.6 Å². The third-order valence-electron chi connectivity index (χ3n) is 2.91. The molecule has 1 aromatic carbocycles. The second-order valence-electron chi connectivity index (χ2n) is 3.91. The predicted molar refractivity (Wildman–Crippen MR) is 60.7 cm³/mol. The van der Waals surface area contributed by atoms with Crippen LogP contribution in [0, 0.1) is 11.3 Å². The Balaban J connectivity index is 2.23. The molecule has 16 heavy (non-hydrogen) atoms. The van der Waals surface area contributed by atoms with E-state index in [2.05, 4.69) is 6.07 Å². The lowest BCUT2D eigenvalue weighted by Crippen LogP contribution is -2.40. The molecule has 0 bridgehead atoms. The van der Waals surface area contributed by atoms with Gasteiger partial charge in [0.1, 0.15) is 6.04 Å². The zero-order valence-corrected chi connectivity index (χ0v) is 8.89. The number of carbonyl (C=O) groups is 1. The van der Waals surface area contributed by atoms with Crippen molar-refractivity contribution < 1.29 is 4.79 Å². The van der Waals surface area contributed by atoms with Crippen molar-refractivity contribution in [3.63, 3.8) is 0 Å². The lowest BCUT2D eigenvalue weighted by atomic mass is 10.1. The Bertz CT molecular complexity index is 433. The molecule has 1 heterocycles. The van der Waals surface area contributed by atoms with Crippen molar-refractivity contribution in [1.29, 1.82) is 5.26 Å². The molecule has 82 valence electrons. The molecule has 1 atom stereocenters. The molecule has 1 aromatic rings. The van der Waals surface area contributed by atoms with Gasteiger partial charge in [-0.25, -0.2) is 0 Å². The Hall–Kier alpha value is -2.02. The normalized spacial score (nSPS) is 19.4. The Morgan fingerprint density at radius 3 is 2.69 bits per heavy atom. The highest BCUT2D eigenvalue weighted by molar-refractivity contribution is 5.84. The second kappa shape index (κ2) is 4.23. The number of anilines is 1. The quantitative estimate of drug-likeness (QED) is 0.800. The molecule has 0 saturated carbocycles. The first-order valence-electron chi connectivity index (χ1n) is 5.28. The van der Waals surface area contributed by atoms with Crippen molar-refractivity contribution in [2.24, 2.45) is 5.73 Å². The number of nitriles is 1. The maximum Gasteiger partial charge on any atom is 0.240 e. The average Bonchev–Trinajstić information content (AvgIpc) is 2.78. The lowest BCUT2D eigenvalue weighted by molar-refractivity contribution is -0.119. The number of nitrogens with zero attached hydrogens (tertiary/aromatic N) is 2. The van der Waals surface area contributed by atoms with Crippen LogP contribution in [0.5, 0.6) is 0 Å². The lowest BCUT2D eigenvalue weighted by Gasteiger charge is -2.24. The van der Waals surface area contributed by atoms with E-state index in [1.54, 1.807) is 12.1 Å². The summed E-state index contributed by atoms with van der Waals surface area (Å²) in [5.74, 6) is -0.276. The van der Waals surface area contributed by atoms with Crippen molar-refractivity contribution in [2.45, 2.75) is 18.9 Å². The highest BCUT2D eigenvalue weighted by Crippen LogP contribution is 2.25. The van der Waals surface area contributed by atoms with Crippen LogP contribution in [0.15, 0.2) is 24.3 Å². The Morgan fingerprint density at radius 1 is 1.44 bits per heavy atom. The molecule has 0 aromatic heterocycles. The highest BCUT2D eigenvalue weighted by Gasteiger charge is 2.28. The summed E-state index contributed by atoms with van der Waals surface area (Å²) >= 11 is 0. The number of carbonyl (C=O) groups excluding carboxylic acids is 1. The molecule has 0 radical (unpaired) electrons. The number of benzene rings is 1. The van der Waals surface area contributed by atoms with Crippen molar-refractivity contribution in [3.05, 3.63) is 29.8 Å². The first kappa shape index (κ1) is 10.5. The first-order chi connectivity index (χ1) is 7.72. The molecule has 1 amide bonds.